The highest BCUT2D eigenvalue weighted by Crippen LogP contribution is 2.27. The molecular weight excluding hydrogens is 317 g/mol. The molecule has 0 amide bonds. The van der Waals surface area contributed by atoms with Gasteiger partial charge in [-0.1, -0.05) is 0 Å². The molecule has 0 N–H and O–H groups in total. The first-order chi connectivity index (χ1) is 9.58. The lowest BCUT2D eigenvalue weighted by Crippen LogP contribution is -2.38. The normalized spacial score (nSPS) is 16.8. The maximum Gasteiger partial charge on any atom is 0.390 e. The summed E-state index contributed by atoms with van der Waals surface area (Å²) in [7, 11) is -4.12. The molecule has 0 bridgehead atoms. The van der Waals surface area contributed by atoms with E-state index in [-0.39, 0.29) is 30.6 Å². The molecule has 1 aromatic carbocycles. The first-order valence-corrected chi connectivity index (χ1v) is 7.71. The SMILES string of the molecule is O=S(=O)(CCC(F)(F)F)N1CCc2c(F)cc(F)cc2C1. The molecule has 1 aliphatic heterocycles. The lowest BCUT2D eigenvalue weighted by Gasteiger charge is -2.28. The minimum absolute atomic E-state index is 0.00664. The molecule has 0 spiro atoms. The molecule has 0 aliphatic carbocycles. The van der Waals surface area contributed by atoms with Gasteiger partial charge < -0.3 is 0 Å². The van der Waals surface area contributed by atoms with E-state index in [0.29, 0.717) is 6.07 Å². The fourth-order valence-electron chi connectivity index (χ4n) is 2.19. The van der Waals surface area contributed by atoms with Crippen molar-refractivity contribution >= 4 is 10.0 Å². The average molecular weight is 329 g/mol. The van der Waals surface area contributed by atoms with Crippen molar-refractivity contribution in [3.8, 4) is 0 Å². The van der Waals surface area contributed by atoms with Crippen LogP contribution in [0.1, 0.15) is 17.5 Å². The lowest BCUT2D eigenvalue weighted by atomic mass is 10.0. The molecule has 2 rings (SSSR count). The molecule has 0 unspecified atom stereocenters. The van der Waals surface area contributed by atoms with Crippen LogP contribution in [0.5, 0.6) is 0 Å². The Morgan fingerprint density at radius 1 is 1.19 bits per heavy atom. The molecule has 0 radical (unpaired) electrons. The van der Waals surface area contributed by atoms with Gasteiger partial charge in [-0.05, 0) is 23.6 Å². The second-order valence-electron chi connectivity index (χ2n) is 4.79. The van der Waals surface area contributed by atoms with E-state index in [0.717, 1.165) is 10.4 Å². The van der Waals surface area contributed by atoms with Crippen LogP contribution in [0.25, 0.3) is 0 Å². The van der Waals surface area contributed by atoms with Crippen LogP contribution in [0.15, 0.2) is 12.1 Å². The fraction of sp³-hybridized carbons (Fsp3) is 0.500. The Balaban J connectivity index is 2.17. The Morgan fingerprint density at radius 2 is 1.86 bits per heavy atom. The smallest absolute Gasteiger partial charge is 0.212 e. The van der Waals surface area contributed by atoms with E-state index in [4.69, 9.17) is 0 Å². The Hall–Kier alpha value is -1.22. The highest BCUT2D eigenvalue weighted by Gasteiger charge is 2.34. The zero-order valence-electron chi connectivity index (χ0n) is 10.8. The zero-order valence-corrected chi connectivity index (χ0v) is 11.6. The standard InChI is InChI=1S/C12H12F5NO2S/c13-9-5-8-7-18(3-1-10(8)11(14)6-9)21(19,20)4-2-12(15,16)17/h5-6H,1-4,7H2. The number of benzene rings is 1. The topological polar surface area (TPSA) is 37.4 Å². The van der Waals surface area contributed by atoms with E-state index in [2.05, 4.69) is 0 Å². The molecule has 9 heteroatoms. The summed E-state index contributed by atoms with van der Waals surface area (Å²) in [4.78, 5) is 0. The lowest BCUT2D eigenvalue weighted by molar-refractivity contribution is -0.130. The summed E-state index contributed by atoms with van der Waals surface area (Å²) >= 11 is 0. The van der Waals surface area contributed by atoms with Gasteiger partial charge in [0.25, 0.3) is 0 Å². The monoisotopic (exact) mass is 329 g/mol. The van der Waals surface area contributed by atoms with Gasteiger partial charge in [0.1, 0.15) is 11.6 Å². The number of rotatable bonds is 3. The van der Waals surface area contributed by atoms with E-state index >= 15 is 0 Å². The third-order valence-corrected chi connectivity index (χ3v) is 5.07. The van der Waals surface area contributed by atoms with Crippen LogP contribution in [-0.4, -0.2) is 31.2 Å². The van der Waals surface area contributed by atoms with Crippen LogP contribution in [0.4, 0.5) is 22.0 Å². The summed E-state index contributed by atoms with van der Waals surface area (Å²) in [5, 5.41) is 0. The van der Waals surface area contributed by atoms with Crippen LogP contribution in [-0.2, 0) is 23.0 Å². The number of alkyl halides is 3. The predicted molar refractivity (Wildman–Crippen MR) is 64.9 cm³/mol. The Morgan fingerprint density at radius 3 is 2.48 bits per heavy atom. The van der Waals surface area contributed by atoms with Crippen molar-refractivity contribution in [2.75, 3.05) is 12.3 Å². The van der Waals surface area contributed by atoms with Crippen LogP contribution in [0.3, 0.4) is 0 Å². The largest absolute Gasteiger partial charge is 0.390 e. The molecular formula is C12H12F5NO2S. The maximum atomic E-state index is 13.5. The Bertz CT molecular complexity index is 642. The van der Waals surface area contributed by atoms with Gasteiger partial charge in [0.15, 0.2) is 0 Å². The quantitative estimate of drug-likeness (QED) is 0.800. The Kier molecular flexibility index (Phi) is 4.25. The highest BCUT2D eigenvalue weighted by molar-refractivity contribution is 7.89. The van der Waals surface area contributed by atoms with Crippen molar-refractivity contribution in [3.05, 3.63) is 34.9 Å². The third-order valence-electron chi connectivity index (χ3n) is 3.25. The summed E-state index contributed by atoms with van der Waals surface area (Å²) < 4.78 is 87.5. The second kappa shape index (κ2) is 5.53. The van der Waals surface area contributed by atoms with Crippen molar-refractivity contribution in [2.45, 2.75) is 25.6 Å². The highest BCUT2D eigenvalue weighted by atomic mass is 32.2. The van der Waals surface area contributed by atoms with Crippen molar-refractivity contribution in [1.82, 2.24) is 4.31 Å². The van der Waals surface area contributed by atoms with Crippen molar-refractivity contribution in [1.29, 1.82) is 0 Å². The number of nitrogens with zero attached hydrogens (tertiary/aromatic N) is 1. The summed E-state index contributed by atoms with van der Waals surface area (Å²) in [6, 6.07) is 1.70. The van der Waals surface area contributed by atoms with Gasteiger partial charge in [-0.2, -0.15) is 17.5 Å². The molecule has 118 valence electrons. The first-order valence-electron chi connectivity index (χ1n) is 6.10. The number of sulfonamides is 1. The van der Waals surface area contributed by atoms with Gasteiger partial charge in [0.05, 0.1) is 12.2 Å². The summed E-state index contributed by atoms with van der Waals surface area (Å²) in [6.45, 7) is -0.431. The first kappa shape index (κ1) is 16.2. The third kappa shape index (κ3) is 3.91. The number of fused-ring (bicyclic) bond motifs is 1. The molecule has 0 fully saturated rings. The van der Waals surface area contributed by atoms with Crippen molar-refractivity contribution in [2.24, 2.45) is 0 Å². The Labute approximate surface area is 118 Å². The predicted octanol–water partition coefficient (Wildman–Crippen LogP) is 2.61. The summed E-state index contributed by atoms with van der Waals surface area (Å²) in [6.07, 6.45) is -6.01. The van der Waals surface area contributed by atoms with E-state index < -0.39 is 40.0 Å². The van der Waals surface area contributed by atoms with Crippen molar-refractivity contribution < 1.29 is 30.4 Å². The maximum absolute atomic E-state index is 13.5. The van der Waals surface area contributed by atoms with Gasteiger partial charge in [0.2, 0.25) is 10.0 Å². The number of hydrogen-bond donors (Lipinski definition) is 0. The molecule has 0 atom stereocenters. The zero-order chi connectivity index (χ0) is 15.8. The molecule has 0 saturated heterocycles. The molecule has 1 aromatic rings. The van der Waals surface area contributed by atoms with Gasteiger partial charge in [-0.15, -0.1) is 0 Å². The van der Waals surface area contributed by atoms with Gasteiger partial charge >= 0.3 is 6.18 Å². The van der Waals surface area contributed by atoms with Crippen LogP contribution in [0.2, 0.25) is 0 Å². The summed E-state index contributed by atoms with van der Waals surface area (Å²) in [5.74, 6) is -2.68. The molecule has 21 heavy (non-hydrogen) atoms. The van der Waals surface area contributed by atoms with Crippen LogP contribution < -0.4 is 0 Å². The van der Waals surface area contributed by atoms with Gasteiger partial charge in [-0.3, -0.25) is 0 Å². The molecule has 1 aliphatic rings. The van der Waals surface area contributed by atoms with Crippen LogP contribution in [0, 0.1) is 11.6 Å². The van der Waals surface area contributed by atoms with Crippen LogP contribution >= 0.6 is 0 Å². The average Bonchev–Trinajstić information content (AvgIpc) is 2.35. The molecule has 1 heterocycles. The van der Waals surface area contributed by atoms with E-state index in [1.165, 1.54) is 0 Å². The molecule has 0 saturated carbocycles. The van der Waals surface area contributed by atoms with E-state index in [1.807, 2.05) is 0 Å². The fourth-order valence-corrected chi connectivity index (χ4v) is 3.65. The molecule has 3 nitrogen and oxygen atoms in total. The minimum atomic E-state index is -4.57. The molecule has 0 aromatic heterocycles. The van der Waals surface area contributed by atoms with Gasteiger partial charge in [0, 0.05) is 19.2 Å². The minimum Gasteiger partial charge on any atom is -0.212 e. The van der Waals surface area contributed by atoms with E-state index in [1.54, 1.807) is 0 Å². The number of halogens is 5. The van der Waals surface area contributed by atoms with Crippen molar-refractivity contribution in [3.63, 3.8) is 0 Å². The summed E-state index contributed by atoms with van der Waals surface area (Å²) in [5.41, 5.74) is 0.355. The second-order valence-corrected chi connectivity index (χ2v) is 6.88. The number of hydrogen-bond acceptors (Lipinski definition) is 2. The van der Waals surface area contributed by atoms with Gasteiger partial charge in [-0.25, -0.2) is 17.2 Å². The van der Waals surface area contributed by atoms with E-state index in [9.17, 15) is 30.4 Å².